The van der Waals surface area contributed by atoms with E-state index in [4.69, 9.17) is 9.15 Å². The Morgan fingerprint density at radius 2 is 2.26 bits per heavy atom. The summed E-state index contributed by atoms with van der Waals surface area (Å²) in [5.74, 6) is 1.35. The SMILES string of the molecule is CCOc1cc(NC2CCN(C(=O)c3ccoc3)CC2)ncn1. The van der Waals surface area contributed by atoms with Gasteiger partial charge in [0.05, 0.1) is 18.4 Å². The summed E-state index contributed by atoms with van der Waals surface area (Å²) in [7, 11) is 0. The first-order valence-corrected chi connectivity index (χ1v) is 7.79. The Morgan fingerprint density at radius 3 is 2.96 bits per heavy atom. The zero-order valence-corrected chi connectivity index (χ0v) is 13.1. The molecule has 7 nitrogen and oxygen atoms in total. The van der Waals surface area contributed by atoms with Crippen LogP contribution in [0.25, 0.3) is 0 Å². The van der Waals surface area contributed by atoms with Crippen LogP contribution in [-0.2, 0) is 0 Å². The number of aromatic nitrogens is 2. The second-order valence-corrected chi connectivity index (χ2v) is 5.40. The Hall–Kier alpha value is -2.57. The van der Waals surface area contributed by atoms with Crippen molar-refractivity contribution in [1.29, 1.82) is 0 Å². The topological polar surface area (TPSA) is 80.5 Å². The van der Waals surface area contributed by atoms with Crippen LogP contribution in [0.1, 0.15) is 30.1 Å². The van der Waals surface area contributed by atoms with Gasteiger partial charge in [-0.2, -0.15) is 0 Å². The van der Waals surface area contributed by atoms with Crippen molar-refractivity contribution in [3.05, 3.63) is 36.5 Å². The number of carbonyl (C=O) groups excluding carboxylic acids is 1. The highest BCUT2D eigenvalue weighted by molar-refractivity contribution is 5.93. The molecule has 0 aliphatic carbocycles. The maximum absolute atomic E-state index is 12.3. The van der Waals surface area contributed by atoms with Crippen molar-refractivity contribution < 1.29 is 13.9 Å². The third-order valence-corrected chi connectivity index (χ3v) is 3.84. The van der Waals surface area contributed by atoms with E-state index < -0.39 is 0 Å². The first kappa shape index (κ1) is 15.3. The highest BCUT2D eigenvalue weighted by atomic mass is 16.5. The standard InChI is InChI=1S/C16H20N4O3/c1-2-23-15-9-14(17-11-18-15)19-13-3-6-20(7-4-13)16(21)12-5-8-22-10-12/h5,8-11,13H,2-4,6-7H2,1H3,(H,17,18,19). The number of hydrogen-bond acceptors (Lipinski definition) is 6. The molecule has 1 amide bonds. The van der Waals surface area contributed by atoms with Gasteiger partial charge in [-0.25, -0.2) is 9.97 Å². The van der Waals surface area contributed by atoms with E-state index in [0.29, 0.717) is 31.1 Å². The molecule has 3 rings (SSSR count). The fourth-order valence-corrected chi connectivity index (χ4v) is 2.65. The number of likely N-dealkylation sites (tertiary alicyclic amines) is 1. The van der Waals surface area contributed by atoms with Crippen molar-refractivity contribution in [1.82, 2.24) is 14.9 Å². The molecule has 0 aromatic carbocycles. The lowest BCUT2D eigenvalue weighted by molar-refractivity contribution is 0.0717. The van der Waals surface area contributed by atoms with Gasteiger partial charge in [0.1, 0.15) is 18.4 Å². The molecule has 1 fully saturated rings. The molecule has 0 radical (unpaired) electrons. The molecular formula is C16H20N4O3. The number of amides is 1. The number of carbonyl (C=O) groups is 1. The first-order chi connectivity index (χ1) is 11.3. The third-order valence-electron chi connectivity index (χ3n) is 3.84. The van der Waals surface area contributed by atoms with Crippen molar-refractivity contribution >= 4 is 11.7 Å². The van der Waals surface area contributed by atoms with Crippen molar-refractivity contribution in [2.45, 2.75) is 25.8 Å². The summed E-state index contributed by atoms with van der Waals surface area (Å²) in [4.78, 5) is 22.4. The molecule has 1 saturated heterocycles. The molecule has 122 valence electrons. The van der Waals surface area contributed by atoms with Crippen molar-refractivity contribution in [3.63, 3.8) is 0 Å². The molecule has 1 N–H and O–H groups in total. The molecule has 0 bridgehead atoms. The zero-order valence-electron chi connectivity index (χ0n) is 13.1. The Labute approximate surface area is 134 Å². The lowest BCUT2D eigenvalue weighted by Gasteiger charge is -2.32. The monoisotopic (exact) mass is 316 g/mol. The first-order valence-electron chi connectivity index (χ1n) is 7.79. The summed E-state index contributed by atoms with van der Waals surface area (Å²) in [6, 6.07) is 3.78. The molecular weight excluding hydrogens is 296 g/mol. The summed E-state index contributed by atoms with van der Waals surface area (Å²) < 4.78 is 10.3. The Balaban J connectivity index is 1.53. The van der Waals surface area contributed by atoms with Gasteiger partial charge in [-0.3, -0.25) is 4.79 Å². The van der Waals surface area contributed by atoms with Crippen LogP contribution >= 0.6 is 0 Å². The number of hydrogen-bond donors (Lipinski definition) is 1. The molecule has 1 aliphatic heterocycles. The third kappa shape index (κ3) is 3.80. The van der Waals surface area contributed by atoms with Crippen LogP contribution in [-0.4, -0.2) is 46.5 Å². The normalized spacial score (nSPS) is 15.4. The minimum absolute atomic E-state index is 0.0258. The van der Waals surface area contributed by atoms with Gasteiger partial charge in [0.25, 0.3) is 5.91 Å². The second-order valence-electron chi connectivity index (χ2n) is 5.40. The summed E-state index contributed by atoms with van der Waals surface area (Å²) in [5, 5.41) is 3.39. The van der Waals surface area contributed by atoms with Crippen molar-refractivity contribution in [2.75, 3.05) is 25.0 Å². The molecule has 3 heterocycles. The predicted octanol–water partition coefficient (Wildman–Crippen LogP) is 2.18. The fourth-order valence-electron chi connectivity index (χ4n) is 2.65. The van der Waals surface area contributed by atoms with Gasteiger partial charge in [-0.05, 0) is 25.8 Å². The maximum atomic E-state index is 12.3. The smallest absolute Gasteiger partial charge is 0.257 e. The fraction of sp³-hybridized carbons (Fsp3) is 0.438. The minimum Gasteiger partial charge on any atom is -0.478 e. The number of rotatable bonds is 5. The lowest BCUT2D eigenvalue weighted by Crippen LogP contribution is -2.42. The number of anilines is 1. The molecule has 7 heteroatoms. The van der Waals surface area contributed by atoms with E-state index in [1.54, 1.807) is 12.1 Å². The molecule has 0 unspecified atom stereocenters. The van der Waals surface area contributed by atoms with Crippen molar-refractivity contribution in [3.8, 4) is 5.88 Å². The van der Waals surface area contributed by atoms with E-state index in [2.05, 4.69) is 15.3 Å². The number of furan rings is 1. The van der Waals surface area contributed by atoms with E-state index >= 15 is 0 Å². The maximum Gasteiger partial charge on any atom is 0.257 e. The van der Waals surface area contributed by atoms with Crippen LogP contribution in [0.2, 0.25) is 0 Å². The summed E-state index contributed by atoms with van der Waals surface area (Å²) in [6.07, 6.45) is 6.25. The Kier molecular flexibility index (Phi) is 4.75. The lowest BCUT2D eigenvalue weighted by atomic mass is 10.0. The average Bonchev–Trinajstić information content (AvgIpc) is 3.10. The van der Waals surface area contributed by atoms with E-state index in [1.165, 1.54) is 18.9 Å². The van der Waals surface area contributed by atoms with Gasteiger partial charge in [-0.1, -0.05) is 0 Å². The highest BCUT2D eigenvalue weighted by Crippen LogP contribution is 2.19. The molecule has 0 saturated carbocycles. The largest absolute Gasteiger partial charge is 0.478 e. The van der Waals surface area contributed by atoms with Crippen LogP contribution in [0.3, 0.4) is 0 Å². The van der Waals surface area contributed by atoms with E-state index in [-0.39, 0.29) is 11.9 Å². The van der Waals surface area contributed by atoms with Gasteiger partial charge >= 0.3 is 0 Å². The Bertz CT molecular complexity index is 637. The molecule has 0 spiro atoms. The van der Waals surface area contributed by atoms with Gasteiger partial charge < -0.3 is 19.4 Å². The van der Waals surface area contributed by atoms with E-state index in [0.717, 1.165) is 18.7 Å². The molecule has 2 aromatic rings. The average molecular weight is 316 g/mol. The van der Waals surface area contributed by atoms with Crippen LogP contribution in [0, 0.1) is 0 Å². The summed E-state index contributed by atoms with van der Waals surface area (Å²) >= 11 is 0. The van der Waals surface area contributed by atoms with Crippen LogP contribution in [0.4, 0.5) is 5.82 Å². The van der Waals surface area contributed by atoms with Crippen LogP contribution in [0.5, 0.6) is 5.88 Å². The van der Waals surface area contributed by atoms with E-state index in [1.807, 2.05) is 11.8 Å². The van der Waals surface area contributed by atoms with Gasteiger partial charge in [0, 0.05) is 25.2 Å². The number of piperidine rings is 1. The van der Waals surface area contributed by atoms with Gasteiger partial charge in [0.2, 0.25) is 5.88 Å². The minimum atomic E-state index is 0.0258. The summed E-state index contributed by atoms with van der Waals surface area (Å²) in [6.45, 7) is 3.92. The second kappa shape index (κ2) is 7.13. The molecule has 1 aliphatic rings. The summed E-state index contributed by atoms with van der Waals surface area (Å²) in [5.41, 5.74) is 0.605. The number of ether oxygens (including phenoxy) is 1. The molecule has 2 aromatic heterocycles. The zero-order chi connectivity index (χ0) is 16.1. The number of nitrogens with one attached hydrogen (secondary N) is 1. The Morgan fingerprint density at radius 1 is 1.43 bits per heavy atom. The van der Waals surface area contributed by atoms with E-state index in [9.17, 15) is 4.79 Å². The van der Waals surface area contributed by atoms with Crippen LogP contribution < -0.4 is 10.1 Å². The highest BCUT2D eigenvalue weighted by Gasteiger charge is 2.24. The quantitative estimate of drug-likeness (QED) is 0.910. The van der Waals surface area contributed by atoms with Crippen LogP contribution in [0.15, 0.2) is 35.4 Å². The molecule has 0 atom stereocenters. The molecule has 23 heavy (non-hydrogen) atoms. The van der Waals surface area contributed by atoms with Gasteiger partial charge in [0.15, 0.2) is 0 Å². The van der Waals surface area contributed by atoms with Gasteiger partial charge in [-0.15, -0.1) is 0 Å². The number of nitrogens with zero attached hydrogens (tertiary/aromatic N) is 3. The van der Waals surface area contributed by atoms with Crippen molar-refractivity contribution in [2.24, 2.45) is 0 Å². The predicted molar refractivity (Wildman–Crippen MR) is 84.5 cm³/mol.